The minimum absolute atomic E-state index is 0.0864. The quantitative estimate of drug-likeness (QED) is 0.454. The van der Waals surface area contributed by atoms with Crippen LogP contribution in [0, 0.1) is 0 Å². The van der Waals surface area contributed by atoms with E-state index in [1.54, 1.807) is 0 Å². The van der Waals surface area contributed by atoms with E-state index in [0.717, 1.165) is 22.0 Å². The molecule has 1 aliphatic carbocycles. The molecule has 3 heteroatoms. The zero-order valence-corrected chi connectivity index (χ0v) is 13.0. The molecule has 0 aromatic rings. The van der Waals surface area contributed by atoms with Crippen LogP contribution in [-0.4, -0.2) is 31.0 Å². The molecule has 0 N–H and O–H groups in total. The van der Waals surface area contributed by atoms with Crippen molar-refractivity contribution in [3.63, 3.8) is 0 Å². The molecule has 15 heavy (non-hydrogen) atoms. The number of allylic oxidation sites excluding steroid dienone is 2. The molecule has 1 rings (SSSR count). The van der Waals surface area contributed by atoms with Crippen LogP contribution >= 0.6 is 0 Å². The fourth-order valence-electron chi connectivity index (χ4n) is 1.81. The summed E-state index contributed by atoms with van der Waals surface area (Å²) in [4.78, 5) is 18.6. The summed E-state index contributed by atoms with van der Waals surface area (Å²) in [5.41, 5.74) is 2.35. The third-order valence-corrected chi connectivity index (χ3v) is 8.36. The summed E-state index contributed by atoms with van der Waals surface area (Å²) >= 11 is -2.36. The molecule has 1 aliphatic rings. The van der Waals surface area contributed by atoms with Gasteiger partial charge in [-0.1, -0.05) is 0 Å². The van der Waals surface area contributed by atoms with Gasteiger partial charge in [0, 0.05) is 0 Å². The number of esters is 1. The number of hydrogen-bond acceptors (Lipinski definition) is 2. The van der Waals surface area contributed by atoms with E-state index in [4.69, 9.17) is 4.74 Å². The second-order valence-electron chi connectivity index (χ2n) is 4.93. The molecule has 0 radical (unpaired) electrons. The fourth-order valence-corrected chi connectivity index (χ4v) is 7.21. The number of rotatable bonds is 3. The Morgan fingerprint density at radius 3 is 2.27 bits per heavy atom. The molecule has 1 fully saturated rings. The number of carbonyl (C=O) groups excluding carboxylic acids is 1. The summed E-state index contributed by atoms with van der Waals surface area (Å²) in [5, 5.41) is 0. The van der Waals surface area contributed by atoms with Crippen LogP contribution in [0.25, 0.3) is 0 Å². The van der Waals surface area contributed by atoms with Crippen LogP contribution in [0.2, 0.25) is 14.8 Å². The molecule has 84 valence electrons. The van der Waals surface area contributed by atoms with Gasteiger partial charge in [0.05, 0.1) is 0 Å². The van der Waals surface area contributed by atoms with E-state index in [0.29, 0.717) is 6.61 Å². The maximum atomic E-state index is 11.9. The molecular formula is C12H20O2Sn. The van der Waals surface area contributed by atoms with Crippen molar-refractivity contribution >= 4 is 24.3 Å². The van der Waals surface area contributed by atoms with E-state index in [1.807, 2.05) is 6.92 Å². The average molecular weight is 315 g/mol. The van der Waals surface area contributed by atoms with Crippen LogP contribution in [0.3, 0.4) is 0 Å². The Labute approximate surface area is 96.3 Å². The van der Waals surface area contributed by atoms with Gasteiger partial charge in [-0.15, -0.1) is 0 Å². The van der Waals surface area contributed by atoms with E-state index in [2.05, 4.69) is 21.4 Å². The molecule has 0 amide bonds. The van der Waals surface area contributed by atoms with Crippen molar-refractivity contribution < 1.29 is 9.53 Å². The molecule has 0 aliphatic heterocycles. The topological polar surface area (TPSA) is 26.3 Å². The Morgan fingerprint density at radius 2 is 2.00 bits per heavy atom. The van der Waals surface area contributed by atoms with Gasteiger partial charge in [0.1, 0.15) is 0 Å². The van der Waals surface area contributed by atoms with Crippen molar-refractivity contribution in [3.8, 4) is 0 Å². The SMILES string of the molecule is C=C1CC/C1=[C](\C(=O)OCC)[Sn]([CH3])([CH3])[CH3]. The minimum atomic E-state index is -2.36. The predicted molar refractivity (Wildman–Crippen MR) is 65.4 cm³/mol. The van der Waals surface area contributed by atoms with Gasteiger partial charge in [0.2, 0.25) is 0 Å². The average Bonchev–Trinajstić information content (AvgIpc) is 2.09. The van der Waals surface area contributed by atoms with E-state index in [1.165, 1.54) is 5.57 Å². The summed E-state index contributed by atoms with van der Waals surface area (Å²) in [6.45, 7) is 6.30. The monoisotopic (exact) mass is 316 g/mol. The van der Waals surface area contributed by atoms with Crippen molar-refractivity contribution in [2.75, 3.05) is 6.61 Å². The first-order valence-corrected chi connectivity index (χ1v) is 15.5. The van der Waals surface area contributed by atoms with E-state index < -0.39 is 18.4 Å². The number of ether oxygens (including phenoxy) is 1. The van der Waals surface area contributed by atoms with Crippen LogP contribution in [0.1, 0.15) is 19.8 Å². The van der Waals surface area contributed by atoms with Crippen LogP contribution in [0.15, 0.2) is 21.3 Å². The first-order valence-electron chi connectivity index (χ1n) is 5.46. The molecule has 0 aromatic heterocycles. The molecule has 0 heterocycles. The summed E-state index contributed by atoms with van der Waals surface area (Å²) in [6, 6.07) is 0. The third-order valence-electron chi connectivity index (χ3n) is 2.63. The zero-order valence-electron chi connectivity index (χ0n) is 10.1. The summed E-state index contributed by atoms with van der Waals surface area (Å²) < 4.78 is 6.17. The van der Waals surface area contributed by atoms with Crippen molar-refractivity contribution in [2.24, 2.45) is 0 Å². The van der Waals surface area contributed by atoms with Gasteiger partial charge < -0.3 is 0 Å². The first kappa shape index (κ1) is 12.8. The van der Waals surface area contributed by atoms with Crippen molar-refractivity contribution in [3.05, 3.63) is 21.3 Å². The van der Waals surface area contributed by atoms with Crippen LogP contribution < -0.4 is 0 Å². The molecule has 0 saturated heterocycles. The van der Waals surface area contributed by atoms with E-state index >= 15 is 0 Å². The molecular weight excluding hydrogens is 295 g/mol. The molecule has 1 saturated carbocycles. The normalized spacial score (nSPS) is 19.6. The standard InChI is InChI=1S/C9H11O2.3CH3.Sn/c1-3-11-9(10)6-8-5-4-7(8)2;;;;/h2-5H2,1H3;3*1H3;. The summed E-state index contributed by atoms with van der Waals surface area (Å²) in [5.74, 6) is -0.0864. The second kappa shape index (κ2) is 4.72. The number of carbonyl (C=O) groups is 1. The Balaban J connectivity index is 3.04. The zero-order chi connectivity index (χ0) is 11.6. The molecule has 0 bridgehead atoms. The Bertz CT molecular complexity index is 321. The maximum absolute atomic E-state index is 11.9. The molecule has 0 aromatic carbocycles. The van der Waals surface area contributed by atoms with Gasteiger partial charge in [-0.3, -0.25) is 0 Å². The Kier molecular flexibility index (Phi) is 4.04. The van der Waals surface area contributed by atoms with Gasteiger partial charge >= 0.3 is 96.4 Å². The van der Waals surface area contributed by atoms with E-state index in [-0.39, 0.29) is 5.97 Å². The van der Waals surface area contributed by atoms with Gasteiger partial charge in [0.25, 0.3) is 0 Å². The van der Waals surface area contributed by atoms with Gasteiger partial charge in [-0.25, -0.2) is 0 Å². The van der Waals surface area contributed by atoms with Crippen LogP contribution in [-0.2, 0) is 9.53 Å². The molecule has 0 atom stereocenters. The molecule has 2 nitrogen and oxygen atoms in total. The van der Waals surface area contributed by atoms with E-state index in [9.17, 15) is 4.79 Å². The second-order valence-corrected chi connectivity index (χ2v) is 19.2. The summed E-state index contributed by atoms with van der Waals surface area (Å²) in [6.07, 6.45) is 2.06. The Hall–Kier alpha value is -0.251. The predicted octanol–water partition coefficient (Wildman–Crippen LogP) is 3.07. The Morgan fingerprint density at radius 1 is 1.40 bits per heavy atom. The fraction of sp³-hybridized carbons (Fsp3) is 0.583. The van der Waals surface area contributed by atoms with Crippen molar-refractivity contribution in [1.29, 1.82) is 0 Å². The van der Waals surface area contributed by atoms with Crippen LogP contribution in [0.5, 0.6) is 0 Å². The van der Waals surface area contributed by atoms with Crippen molar-refractivity contribution in [1.82, 2.24) is 0 Å². The summed E-state index contributed by atoms with van der Waals surface area (Å²) in [7, 11) is 0. The third kappa shape index (κ3) is 2.86. The molecule has 0 unspecified atom stereocenters. The number of hydrogen-bond donors (Lipinski definition) is 0. The van der Waals surface area contributed by atoms with Gasteiger partial charge in [-0.2, -0.15) is 0 Å². The van der Waals surface area contributed by atoms with Gasteiger partial charge in [-0.05, 0) is 0 Å². The molecule has 0 spiro atoms. The van der Waals surface area contributed by atoms with Crippen LogP contribution in [0.4, 0.5) is 0 Å². The first-order chi connectivity index (χ1) is 6.88. The van der Waals surface area contributed by atoms with Crippen molar-refractivity contribution in [2.45, 2.75) is 34.6 Å². The van der Waals surface area contributed by atoms with Gasteiger partial charge in [0.15, 0.2) is 0 Å².